The summed E-state index contributed by atoms with van der Waals surface area (Å²) in [5.41, 5.74) is 1.09. The summed E-state index contributed by atoms with van der Waals surface area (Å²) in [7, 11) is -2.61. The summed E-state index contributed by atoms with van der Waals surface area (Å²) < 4.78 is 40.5. The lowest BCUT2D eigenvalue weighted by atomic mass is 10.0. The first-order chi connectivity index (χ1) is 17.5. The fourth-order valence-corrected chi connectivity index (χ4v) is 4.98. The zero-order valence-electron chi connectivity index (χ0n) is 20.2. The maximum absolute atomic E-state index is 14.6. The summed E-state index contributed by atoms with van der Waals surface area (Å²) in [5, 5.41) is 3.16. The fourth-order valence-electron chi connectivity index (χ4n) is 3.80. The first-order valence-corrected chi connectivity index (χ1v) is 13.8. The second-order valence-corrected chi connectivity index (χ2v) is 11.0. The van der Waals surface area contributed by atoms with Crippen LogP contribution in [0.1, 0.15) is 11.1 Å². The van der Waals surface area contributed by atoms with Gasteiger partial charge in [0.2, 0.25) is 21.8 Å². The minimum Gasteiger partial charge on any atom is -0.357 e. The van der Waals surface area contributed by atoms with Crippen LogP contribution < -0.4 is 9.62 Å². The Kier molecular flexibility index (Phi) is 9.53. The van der Waals surface area contributed by atoms with Crippen molar-refractivity contribution in [1.29, 1.82) is 0 Å². The van der Waals surface area contributed by atoms with Gasteiger partial charge in [-0.15, -0.1) is 0 Å². The minimum atomic E-state index is -4.06. The van der Waals surface area contributed by atoms with Gasteiger partial charge in [0.15, 0.2) is 0 Å². The molecule has 196 valence electrons. The van der Waals surface area contributed by atoms with Crippen molar-refractivity contribution in [3.8, 4) is 0 Å². The molecule has 0 spiro atoms. The number of anilines is 1. The normalized spacial score (nSPS) is 12.0. The quantitative estimate of drug-likeness (QED) is 0.397. The van der Waals surface area contributed by atoms with Crippen LogP contribution in [0, 0.1) is 5.82 Å². The van der Waals surface area contributed by atoms with Crippen LogP contribution in [0.25, 0.3) is 0 Å². The summed E-state index contributed by atoms with van der Waals surface area (Å²) in [6.07, 6.45) is 1.04. The minimum absolute atomic E-state index is 0.0739. The number of amides is 2. The van der Waals surface area contributed by atoms with Crippen LogP contribution in [0.3, 0.4) is 0 Å². The van der Waals surface area contributed by atoms with Gasteiger partial charge < -0.3 is 10.2 Å². The highest BCUT2D eigenvalue weighted by Crippen LogP contribution is 2.26. The van der Waals surface area contributed by atoms with Gasteiger partial charge in [-0.3, -0.25) is 13.9 Å². The van der Waals surface area contributed by atoms with Crippen molar-refractivity contribution in [3.63, 3.8) is 0 Å². The van der Waals surface area contributed by atoms with Crippen molar-refractivity contribution < 1.29 is 22.4 Å². The van der Waals surface area contributed by atoms with Gasteiger partial charge in [0.25, 0.3) is 0 Å². The number of rotatable bonds is 10. The average molecular weight is 566 g/mol. The van der Waals surface area contributed by atoms with Crippen LogP contribution in [0.2, 0.25) is 10.0 Å². The van der Waals surface area contributed by atoms with E-state index >= 15 is 0 Å². The number of para-hydroxylation sites is 1. The number of carbonyl (C=O) groups is 2. The molecule has 3 rings (SSSR count). The van der Waals surface area contributed by atoms with Crippen LogP contribution in [0.4, 0.5) is 10.1 Å². The highest BCUT2D eigenvalue weighted by atomic mass is 35.5. The molecule has 0 radical (unpaired) electrons. The van der Waals surface area contributed by atoms with Crippen LogP contribution in [-0.2, 0) is 32.6 Å². The Morgan fingerprint density at radius 1 is 0.946 bits per heavy atom. The molecule has 0 heterocycles. The molecular weight excluding hydrogens is 540 g/mol. The topological polar surface area (TPSA) is 86.8 Å². The molecule has 3 aromatic rings. The first kappa shape index (κ1) is 28.4. The van der Waals surface area contributed by atoms with Crippen LogP contribution in [-0.4, -0.2) is 51.0 Å². The molecule has 37 heavy (non-hydrogen) atoms. The lowest BCUT2D eigenvalue weighted by Gasteiger charge is -2.33. The van der Waals surface area contributed by atoms with E-state index in [2.05, 4.69) is 5.32 Å². The molecule has 0 fully saturated rings. The highest BCUT2D eigenvalue weighted by Gasteiger charge is 2.33. The number of benzene rings is 3. The Balaban J connectivity index is 2.05. The molecule has 0 aromatic heterocycles. The van der Waals surface area contributed by atoms with E-state index in [9.17, 15) is 22.4 Å². The molecule has 1 atom stereocenters. The third kappa shape index (κ3) is 7.44. The predicted molar refractivity (Wildman–Crippen MR) is 144 cm³/mol. The third-order valence-electron chi connectivity index (χ3n) is 5.65. The average Bonchev–Trinajstić information content (AvgIpc) is 2.86. The number of sulfonamides is 1. The maximum atomic E-state index is 14.6. The van der Waals surface area contributed by atoms with Gasteiger partial charge in [0, 0.05) is 20.0 Å². The third-order valence-corrected chi connectivity index (χ3v) is 7.52. The van der Waals surface area contributed by atoms with Crippen molar-refractivity contribution in [1.82, 2.24) is 10.2 Å². The van der Waals surface area contributed by atoms with Crippen molar-refractivity contribution in [3.05, 3.63) is 99.8 Å². The SMILES string of the molecule is CNC(=O)C(Cc1ccccc1)N(Cc1ccc(Cl)c(Cl)c1)C(=O)CN(c1ccccc1F)S(C)(=O)=O. The van der Waals surface area contributed by atoms with Crippen molar-refractivity contribution in [2.24, 2.45) is 0 Å². The summed E-state index contributed by atoms with van der Waals surface area (Å²) in [4.78, 5) is 28.1. The van der Waals surface area contributed by atoms with E-state index in [-0.39, 0.29) is 23.7 Å². The fraction of sp³-hybridized carbons (Fsp3) is 0.231. The number of likely N-dealkylation sites (N-methyl/N-ethyl adjacent to an activating group) is 1. The lowest BCUT2D eigenvalue weighted by Crippen LogP contribution is -2.53. The van der Waals surface area contributed by atoms with Gasteiger partial charge in [-0.1, -0.05) is 71.7 Å². The van der Waals surface area contributed by atoms with E-state index in [0.717, 1.165) is 17.9 Å². The van der Waals surface area contributed by atoms with Gasteiger partial charge in [0.1, 0.15) is 18.4 Å². The Labute approximate surface area is 225 Å². The smallest absolute Gasteiger partial charge is 0.244 e. The monoisotopic (exact) mass is 565 g/mol. The van der Waals surface area contributed by atoms with Gasteiger partial charge in [0.05, 0.1) is 22.0 Å². The Morgan fingerprint density at radius 3 is 2.19 bits per heavy atom. The van der Waals surface area contributed by atoms with Crippen LogP contribution >= 0.6 is 23.2 Å². The van der Waals surface area contributed by atoms with Crippen molar-refractivity contribution in [2.45, 2.75) is 19.0 Å². The zero-order chi connectivity index (χ0) is 27.2. The van der Waals surface area contributed by atoms with Gasteiger partial charge in [-0.25, -0.2) is 12.8 Å². The molecule has 3 aromatic carbocycles. The van der Waals surface area contributed by atoms with E-state index in [1.807, 2.05) is 30.3 Å². The molecular formula is C26H26Cl2FN3O4S. The van der Waals surface area contributed by atoms with E-state index in [0.29, 0.717) is 14.9 Å². The maximum Gasteiger partial charge on any atom is 0.244 e. The molecule has 7 nitrogen and oxygen atoms in total. The van der Waals surface area contributed by atoms with E-state index in [1.54, 1.807) is 18.2 Å². The first-order valence-electron chi connectivity index (χ1n) is 11.2. The molecule has 0 bridgehead atoms. The van der Waals surface area contributed by atoms with Gasteiger partial charge >= 0.3 is 0 Å². The second-order valence-electron chi connectivity index (χ2n) is 8.31. The number of nitrogens with one attached hydrogen (secondary N) is 1. The number of hydrogen-bond donors (Lipinski definition) is 1. The highest BCUT2D eigenvalue weighted by molar-refractivity contribution is 7.92. The largest absolute Gasteiger partial charge is 0.357 e. The molecule has 11 heteroatoms. The van der Waals surface area contributed by atoms with Crippen molar-refractivity contribution >= 4 is 50.7 Å². The second kappa shape index (κ2) is 12.4. The summed E-state index contributed by atoms with van der Waals surface area (Å²) >= 11 is 12.2. The molecule has 1 unspecified atom stereocenters. The molecule has 0 aliphatic rings. The standard InChI is InChI=1S/C26H26Cl2FN3O4S/c1-30-26(34)24(15-18-8-4-3-5-9-18)31(16-19-12-13-20(27)21(28)14-19)25(33)17-32(37(2,35)36)23-11-7-6-10-22(23)29/h3-14,24H,15-17H2,1-2H3,(H,30,34). The summed E-state index contributed by atoms with van der Waals surface area (Å²) in [6, 6.07) is 18.1. The Morgan fingerprint density at radius 2 is 1.59 bits per heavy atom. The predicted octanol–water partition coefficient (Wildman–Crippen LogP) is 4.28. The van der Waals surface area contributed by atoms with Crippen LogP contribution in [0.15, 0.2) is 72.8 Å². The number of hydrogen-bond acceptors (Lipinski definition) is 4. The summed E-state index contributed by atoms with van der Waals surface area (Å²) in [5.74, 6) is -1.96. The lowest BCUT2D eigenvalue weighted by molar-refractivity contribution is -0.139. The zero-order valence-corrected chi connectivity index (χ0v) is 22.5. The number of halogens is 3. The van der Waals surface area contributed by atoms with Crippen molar-refractivity contribution in [2.75, 3.05) is 24.2 Å². The molecule has 0 saturated carbocycles. The van der Waals surface area contributed by atoms with Gasteiger partial charge in [-0.05, 0) is 35.4 Å². The number of nitrogens with zero attached hydrogens (tertiary/aromatic N) is 2. The molecule has 0 aliphatic heterocycles. The van der Waals surface area contributed by atoms with Crippen LogP contribution in [0.5, 0.6) is 0 Å². The molecule has 0 aliphatic carbocycles. The molecule has 2 amide bonds. The Bertz CT molecular complexity index is 1370. The van der Waals surface area contributed by atoms with E-state index in [1.165, 1.54) is 30.1 Å². The van der Waals surface area contributed by atoms with Gasteiger partial charge in [-0.2, -0.15) is 0 Å². The van der Waals surface area contributed by atoms with E-state index < -0.39 is 40.2 Å². The Hall–Kier alpha value is -3.14. The number of carbonyl (C=O) groups excluding carboxylic acids is 2. The molecule has 1 N–H and O–H groups in total. The summed E-state index contributed by atoms with van der Waals surface area (Å²) in [6.45, 7) is -0.793. The molecule has 0 saturated heterocycles. The van der Waals surface area contributed by atoms with E-state index in [4.69, 9.17) is 23.2 Å².